The van der Waals surface area contributed by atoms with Gasteiger partial charge in [0, 0.05) is 10.5 Å². The lowest BCUT2D eigenvalue weighted by Crippen LogP contribution is -3.06. The predicted octanol–water partition coefficient (Wildman–Crippen LogP) is 2.82. The number of likely N-dealkylation sites (N-methyl/N-ethyl adjacent to an activating group) is 1. The zero-order valence-electron chi connectivity index (χ0n) is 16.0. The van der Waals surface area contributed by atoms with Gasteiger partial charge < -0.3 is 9.64 Å². The van der Waals surface area contributed by atoms with Crippen LogP contribution >= 0.6 is 23.1 Å². The molecule has 3 aromatic rings. The Labute approximate surface area is 168 Å². The molecule has 7 heteroatoms. The van der Waals surface area contributed by atoms with E-state index in [9.17, 15) is 4.79 Å². The Bertz CT molecular complexity index is 940. The van der Waals surface area contributed by atoms with Crippen molar-refractivity contribution in [2.75, 3.05) is 45.5 Å². The van der Waals surface area contributed by atoms with Gasteiger partial charge in [-0.2, -0.15) is 0 Å². The lowest BCUT2D eigenvalue weighted by atomic mass is 10.2. The lowest BCUT2D eigenvalue weighted by molar-refractivity contribution is -0.856. The molecule has 0 saturated heterocycles. The van der Waals surface area contributed by atoms with Gasteiger partial charge in [-0.1, -0.05) is 17.4 Å². The van der Waals surface area contributed by atoms with Gasteiger partial charge in [0.25, 0.3) is 5.91 Å². The van der Waals surface area contributed by atoms with Crippen LogP contribution in [0.1, 0.15) is 10.4 Å². The SMILES string of the molecule is COc1ccc2nc(N(CC[NH+](C)C)C(=O)c3cccc(SC)c3)sc2c1. The number of thiazole rings is 1. The molecule has 0 aliphatic rings. The average Bonchev–Trinajstić information content (AvgIpc) is 3.10. The van der Waals surface area contributed by atoms with Crippen molar-refractivity contribution in [3.05, 3.63) is 48.0 Å². The summed E-state index contributed by atoms with van der Waals surface area (Å²) in [7, 11) is 5.82. The minimum absolute atomic E-state index is 0.0156. The van der Waals surface area contributed by atoms with E-state index in [2.05, 4.69) is 14.1 Å². The highest BCUT2D eigenvalue weighted by Gasteiger charge is 2.22. The first kappa shape index (κ1) is 19.7. The fourth-order valence-electron chi connectivity index (χ4n) is 2.67. The number of thioether (sulfide) groups is 1. The Morgan fingerprint density at radius 2 is 2.07 bits per heavy atom. The number of quaternary nitrogens is 1. The van der Waals surface area contributed by atoms with Crippen molar-refractivity contribution in [1.82, 2.24) is 4.98 Å². The Hall–Kier alpha value is -2.09. The van der Waals surface area contributed by atoms with Gasteiger partial charge in [0.2, 0.25) is 0 Å². The highest BCUT2D eigenvalue weighted by atomic mass is 32.2. The highest BCUT2D eigenvalue weighted by Crippen LogP contribution is 2.32. The summed E-state index contributed by atoms with van der Waals surface area (Å²) in [6.45, 7) is 1.45. The molecule has 0 aliphatic heterocycles. The molecule has 0 unspecified atom stereocenters. The Balaban J connectivity index is 1.98. The van der Waals surface area contributed by atoms with Gasteiger partial charge in [-0.15, -0.1) is 11.8 Å². The van der Waals surface area contributed by atoms with Crippen molar-refractivity contribution in [1.29, 1.82) is 0 Å². The zero-order chi connectivity index (χ0) is 19.4. The van der Waals surface area contributed by atoms with Crippen molar-refractivity contribution in [3.63, 3.8) is 0 Å². The number of rotatable bonds is 7. The van der Waals surface area contributed by atoms with Crippen LogP contribution in [-0.2, 0) is 0 Å². The molecule has 0 radical (unpaired) electrons. The summed E-state index contributed by atoms with van der Waals surface area (Å²) < 4.78 is 6.32. The number of aromatic nitrogens is 1. The van der Waals surface area contributed by atoms with Gasteiger partial charge in [-0.05, 0) is 42.7 Å². The standard InChI is InChI=1S/C20H23N3O2S2/c1-22(2)10-11-23(19(24)14-6-5-7-16(12-14)26-4)20-21-17-9-8-15(25-3)13-18(17)27-20/h5-9,12-13H,10-11H2,1-4H3/p+1. The van der Waals surface area contributed by atoms with Crippen molar-refractivity contribution < 1.29 is 14.4 Å². The fourth-order valence-corrected chi connectivity index (χ4v) is 4.14. The van der Waals surface area contributed by atoms with Crippen LogP contribution in [0.3, 0.4) is 0 Å². The summed E-state index contributed by atoms with van der Waals surface area (Å²) in [5.74, 6) is 0.777. The third-order valence-corrected chi connectivity index (χ3v) is 5.98. The van der Waals surface area contributed by atoms with Crippen LogP contribution in [0.25, 0.3) is 10.2 Å². The zero-order valence-corrected chi connectivity index (χ0v) is 17.6. The monoisotopic (exact) mass is 402 g/mol. The van der Waals surface area contributed by atoms with Crippen LogP contribution in [0.15, 0.2) is 47.4 Å². The highest BCUT2D eigenvalue weighted by molar-refractivity contribution is 7.98. The lowest BCUT2D eigenvalue weighted by Gasteiger charge is -2.21. The maximum Gasteiger partial charge on any atom is 0.260 e. The number of ether oxygens (including phenoxy) is 1. The van der Waals surface area contributed by atoms with E-state index < -0.39 is 0 Å². The Morgan fingerprint density at radius 3 is 2.78 bits per heavy atom. The smallest absolute Gasteiger partial charge is 0.260 e. The second kappa shape index (κ2) is 8.73. The predicted molar refractivity (Wildman–Crippen MR) is 114 cm³/mol. The number of fused-ring (bicyclic) bond motifs is 1. The first-order valence-electron chi connectivity index (χ1n) is 8.71. The molecule has 27 heavy (non-hydrogen) atoms. The van der Waals surface area contributed by atoms with Crippen LogP contribution in [0.2, 0.25) is 0 Å². The van der Waals surface area contributed by atoms with Crippen LogP contribution in [0.4, 0.5) is 5.13 Å². The van der Waals surface area contributed by atoms with E-state index in [-0.39, 0.29) is 5.91 Å². The quantitative estimate of drug-likeness (QED) is 0.618. The first-order valence-corrected chi connectivity index (χ1v) is 10.8. The van der Waals surface area contributed by atoms with Crippen molar-refractivity contribution >= 4 is 44.4 Å². The van der Waals surface area contributed by atoms with Crippen molar-refractivity contribution in [3.8, 4) is 5.75 Å². The van der Waals surface area contributed by atoms with Gasteiger partial charge in [0.1, 0.15) is 5.75 Å². The number of hydrogen-bond donors (Lipinski definition) is 1. The molecule has 0 aliphatic carbocycles. The number of methoxy groups -OCH3 is 1. The molecule has 3 rings (SSSR count). The Kier molecular flexibility index (Phi) is 6.36. The molecule has 1 aromatic heterocycles. The van der Waals surface area contributed by atoms with E-state index >= 15 is 0 Å². The molecule has 142 valence electrons. The Morgan fingerprint density at radius 1 is 1.26 bits per heavy atom. The third kappa shape index (κ3) is 4.61. The van der Waals surface area contributed by atoms with Crippen molar-refractivity contribution in [2.24, 2.45) is 0 Å². The van der Waals surface area contributed by atoms with Crippen LogP contribution in [0, 0.1) is 0 Å². The molecule has 0 saturated carbocycles. The van der Waals surface area contributed by atoms with E-state index in [0.717, 1.165) is 32.5 Å². The van der Waals surface area contributed by atoms with Gasteiger partial charge >= 0.3 is 0 Å². The number of hydrogen-bond acceptors (Lipinski definition) is 5. The molecule has 0 bridgehead atoms. The molecular formula is C20H24N3O2S2+. The van der Waals surface area contributed by atoms with E-state index in [4.69, 9.17) is 9.72 Å². The number of carbonyl (C=O) groups excluding carboxylic acids is 1. The summed E-state index contributed by atoms with van der Waals surface area (Å²) >= 11 is 3.15. The van der Waals surface area contributed by atoms with Crippen LogP contribution in [-0.4, -0.2) is 51.4 Å². The summed E-state index contributed by atoms with van der Waals surface area (Å²) in [6.07, 6.45) is 2.01. The first-order chi connectivity index (χ1) is 13.0. The number of carbonyl (C=O) groups is 1. The van der Waals surface area contributed by atoms with Gasteiger partial charge in [-0.3, -0.25) is 9.69 Å². The third-order valence-electron chi connectivity index (χ3n) is 4.21. The molecule has 0 fully saturated rings. The van der Waals surface area contributed by atoms with E-state index in [1.165, 1.54) is 16.2 Å². The molecule has 5 nitrogen and oxygen atoms in total. The number of benzene rings is 2. The molecule has 1 heterocycles. The summed E-state index contributed by atoms with van der Waals surface area (Å²) in [4.78, 5) is 22.1. The van der Waals surface area contributed by atoms with Crippen molar-refractivity contribution in [2.45, 2.75) is 4.90 Å². The van der Waals surface area contributed by atoms with Crippen LogP contribution < -0.4 is 14.5 Å². The second-order valence-corrected chi connectivity index (χ2v) is 8.36. The summed E-state index contributed by atoms with van der Waals surface area (Å²) in [5.41, 5.74) is 1.57. The second-order valence-electron chi connectivity index (χ2n) is 6.48. The van der Waals surface area contributed by atoms with Gasteiger partial charge in [0.05, 0.1) is 44.5 Å². The minimum atomic E-state index is -0.0156. The molecule has 0 spiro atoms. The molecule has 0 atom stereocenters. The topological polar surface area (TPSA) is 46.9 Å². The van der Waals surface area contributed by atoms with E-state index in [1.54, 1.807) is 23.8 Å². The average molecular weight is 403 g/mol. The molecular weight excluding hydrogens is 378 g/mol. The minimum Gasteiger partial charge on any atom is -0.497 e. The van der Waals surface area contributed by atoms with E-state index in [0.29, 0.717) is 12.1 Å². The van der Waals surface area contributed by atoms with Gasteiger partial charge in [-0.25, -0.2) is 4.98 Å². The number of amides is 1. The maximum atomic E-state index is 13.3. The number of nitrogens with one attached hydrogen (secondary N) is 1. The normalized spacial score (nSPS) is 11.1. The van der Waals surface area contributed by atoms with Gasteiger partial charge in [0.15, 0.2) is 5.13 Å². The largest absolute Gasteiger partial charge is 0.497 e. The van der Waals surface area contributed by atoms with Crippen LogP contribution in [0.5, 0.6) is 5.75 Å². The fraction of sp³-hybridized carbons (Fsp3) is 0.300. The summed E-state index contributed by atoms with van der Waals surface area (Å²) in [5, 5.41) is 0.721. The molecule has 1 N–H and O–H groups in total. The van der Waals surface area contributed by atoms with E-state index in [1.807, 2.05) is 48.7 Å². The molecule has 1 amide bonds. The number of nitrogens with zero attached hydrogens (tertiary/aromatic N) is 2. The maximum absolute atomic E-state index is 13.3. The summed E-state index contributed by atoms with van der Waals surface area (Å²) in [6, 6.07) is 13.5. The number of anilines is 1. The molecule has 2 aromatic carbocycles.